The number of fused-ring (bicyclic) bond motifs is 1. The largest absolute Gasteiger partial charge is 0.484 e. The van der Waals surface area contributed by atoms with E-state index in [-0.39, 0.29) is 37.3 Å². The Kier molecular flexibility index (Phi) is 5.65. The monoisotopic (exact) mass is 441 g/mol. The first-order valence-corrected chi connectivity index (χ1v) is 10.2. The first kappa shape index (κ1) is 20.9. The number of carbonyl (C=O) groups excluding carboxylic acids is 4. The Morgan fingerprint density at radius 3 is 2.77 bits per heavy atom. The van der Waals surface area contributed by atoms with Crippen LogP contribution in [-0.4, -0.2) is 41.2 Å². The van der Waals surface area contributed by atoms with Gasteiger partial charge in [-0.3, -0.25) is 24.5 Å². The second-order valence-electron chi connectivity index (χ2n) is 7.52. The van der Waals surface area contributed by atoms with E-state index in [0.717, 1.165) is 11.1 Å². The van der Waals surface area contributed by atoms with Crippen LogP contribution in [0, 0.1) is 6.92 Å². The van der Waals surface area contributed by atoms with Gasteiger partial charge in [0.05, 0.1) is 0 Å². The molecule has 4 rings (SSSR count). The van der Waals surface area contributed by atoms with Crippen LogP contribution in [0.25, 0.3) is 0 Å². The van der Waals surface area contributed by atoms with Crippen LogP contribution < -0.4 is 15.4 Å². The van der Waals surface area contributed by atoms with E-state index >= 15 is 0 Å². The van der Waals surface area contributed by atoms with Crippen LogP contribution in [0.15, 0.2) is 36.4 Å². The van der Waals surface area contributed by atoms with Crippen LogP contribution in [0.4, 0.5) is 5.69 Å². The van der Waals surface area contributed by atoms with Crippen LogP contribution in [0.5, 0.6) is 5.75 Å². The summed E-state index contributed by atoms with van der Waals surface area (Å²) in [5.41, 5.74) is 2.66. The standard InChI is InChI=1S/C22H20ClN3O5/c1-12-2-4-14(8-17(12)23)24-20(28)11-31-15-5-3-13-10-26(22(30)16(13)9-15)18-6-7-19(27)25-21(18)29/h2-5,8-9,18H,6-7,10-11H2,1H3,(H,24,28)(H,25,27,29). The molecule has 1 atom stereocenters. The van der Waals surface area contributed by atoms with Crippen molar-refractivity contribution in [3.63, 3.8) is 0 Å². The molecule has 4 amide bonds. The highest BCUT2D eigenvalue weighted by Gasteiger charge is 2.39. The van der Waals surface area contributed by atoms with E-state index < -0.39 is 11.9 Å². The van der Waals surface area contributed by atoms with Crippen LogP contribution in [-0.2, 0) is 20.9 Å². The molecule has 0 bridgehead atoms. The Labute approximate surface area is 183 Å². The lowest BCUT2D eigenvalue weighted by Crippen LogP contribution is -2.52. The number of benzene rings is 2. The van der Waals surface area contributed by atoms with Crippen molar-refractivity contribution in [3.8, 4) is 5.75 Å². The quantitative estimate of drug-likeness (QED) is 0.693. The first-order valence-electron chi connectivity index (χ1n) is 9.78. The fourth-order valence-corrected chi connectivity index (χ4v) is 3.82. The van der Waals surface area contributed by atoms with Crippen LogP contribution >= 0.6 is 11.6 Å². The zero-order valence-electron chi connectivity index (χ0n) is 16.7. The van der Waals surface area contributed by atoms with Gasteiger partial charge in [-0.1, -0.05) is 23.7 Å². The van der Waals surface area contributed by atoms with Crippen molar-refractivity contribution < 1.29 is 23.9 Å². The number of amides is 4. The number of hydrogen-bond donors (Lipinski definition) is 2. The molecule has 160 valence electrons. The molecule has 31 heavy (non-hydrogen) atoms. The number of halogens is 1. The van der Waals surface area contributed by atoms with Gasteiger partial charge in [0.15, 0.2) is 6.61 Å². The molecule has 0 aliphatic carbocycles. The molecular weight excluding hydrogens is 422 g/mol. The lowest BCUT2D eigenvalue weighted by atomic mass is 10.0. The predicted octanol–water partition coefficient (Wildman–Crippen LogP) is 2.43. The number of piperidine rings is 1. The van der Waals surface area contributed by atoms with E-state index in [2.05, 4.69) is 10.6 Å². The number of nitrogens with one attached hydrogen (secondary N) is 2. The summed E-state index contributed by atoms with van der Waals surface area (Å²) in [4.78, 5) is 49.9. The summed E-state index contributed by atoms with van der Waals surface area (Å²) in [5, 5.41) is 5.53. The highest BCUT2D eigenvalue weighted by Crippen LogP contribution is 2.30. The Hall–Kier alpha value is -3.39. The van der Waals surface area contributed by atoms with Crippen LogP contribution in [0.1, 0.15) is 34.3 Å². The molecule has 0 aromatic heterocycles. The van der Waals surface area contributed by atoms with Gasteiger partial charge in [-0.05, 0) is 48.7 Å². The van der Waals surface area contributed by atoms with Gasteiger partial charge < -0.3 is 15.0 Å². The van der Waals surface area contributed by atoms with E-state index in [1.807, 2.05) is 6.92 Å². The van der Waals surface area contributed by atoms with E-state index in [1.165, 1.54) is 4.90 Å². The van der Waals surface area contributed by atoms with Crippen molar-refractivity contribution in [2.24, 2.45) is 0 Å². The topological polar surface area (TPSA) is 105 Å². The number of hydrogen-bond acceptors (Lipinski definition) is 5. The van der Waals surface area contributed by atoms with Gasteiger partial charge in [0.1, 0.15) is 11.8 Å². The fourth-order valence-electron chi connectivity index (χ4n) is 3.64. The summed E-state index contributed by atoms with van der Waals surface area (Å²) in [6.45, 7) is 1.91. The Balaban J connectivity index is 1.38. The maximum absolute atomic E-state index is 12.8. The van der Waals surface area contributed by atoms with Gasteiger partial charge in [0.2, 0.25) is 11.8 Å². The molecule has 2 aromatic carbocycles. The summed E-state index contributed by atoms with van der Waals surface area (Å²) < 4.78 is 5.54. The maximum Gasteiger partial charge on any atom is 0.262 e. The number of aryl methyl sites for hydroxylation is 1. The van der Waals surface area contributed by atoms with Crippen molar-refractivity contribution in [2.45, 2.75) is 32.4 Å². The van der Waals surface area contributed by atoms with Crippen molar-refractivity contribution in [1.82, 2.24) is 10.2 Å². The number of ether oxygens (including phenoxy) is 1. The molecule has 0 spiro atoms. The minimum atomic E-state index is -0.672. The highest BCUT2D eigenvalue weighted by atomic mass is 35.5. The smallest absolute Gasteiger partial charge is 0.262 e. The molecule has 2 aliphatic rings. The molecule has 1 fully saturated rings. The molecule has 2 aromatic rings. The van der Waals surface area contributed by atoms with E-state index in [0.29, 0.717) is 28.4 Å². The Morgan fingerprint density at radius 1 is 1.23 bits per heavy atom. The van der Waals surface area contributed by atoms with E-state index in [9.17, 15) is 19.2 Å². The summed E-state index contributed by atoms with van der Waals surface area (Å²) in [6, 6.07) is 9.53. The third kappa shape index (κ3) is 4.39. The summed E-state index contributed by atoms with van der Waals surface area (Å²) in [6.07, 6.45) is 0.503. The third-order valence-electron chi connectivity index (χ3n) is 5.33. The number of nitrogens with zero attached hydrogens (tertiary/aromatic N) is 1. The Morgan fingerprint density at radius 2 is 2.03 bits per heavy atom. The molecule has 0 radical (unpaired) electrons. The predicted molar refractivity (Wildman–Crippen MR) is 113 cm³/mol. The van der Waals surface area contributed by atoms with E-state index in [1.54, 1.807) is 36.4 Å². The average molecular weight is 442 g/mol. The number of anilines is 1. The van der Waals surface area contributed by atoms with E-state index in [4.69, 9.17) is 16.3 Å². The van der Waals surface area contributed by atoms with Crippen LogP contribution in [0.2, 0.25) is 5.02 Å². The number of rotatable bonds is 5. The summed E-state index contributed by atoms with van der Waals surface area (Å²) >= 11 is 6.06. The van der Waals surface area contributed by atoms with Gasteiger partial charge in [-0.2, -0.15) is 0 Å². The zero-order chi connectivity index (χ0) is 22.1. The van der Waals surface area contributed by atoms with Gasteiger partial charge in [-0.25, -0.2) is 0 Å². The van der Waals surface area contributed by atoms with Gasteiger partial charge in [0, 0.05) is 29.2 Å². The highest BCUT2D eigenvalue weighted by molar-refractivity contribution is 6.31. The minimum absolute atomic E-state index is 0.201. The SMILES string of the molecule is Cc1ccc(NC(=O)COc2ccc3c(c2)C(=O)N(C2CCC(=O)NC2=O)C3)cc1Cl. The minimum Gasteiger partial charge on any atom is -0.484 e. The lowest BCUT2D eigenvalue weighted by Gasteiger charge is -2.29. The maximum atomic E-state index is 12.8. The molecule has 0 saturated carbocycles. The molecule has 2 aliphatic heterocycles. The second kappa shape index (κ2) is 8.39. The van der Waals surface area contributed by atoms with Crippen molar-refractivity contribution in [1.29, 1.82) is 0 Å². The molecule has 2 heterocycles. The fraction of sp³-hybridized carbons (Fsp3) is 0.273. The van der Waals surface area contributed by atoms with Crippen LogP contribution in [0.3, 0.4) is 0 Å². The summed E-state index contributed by atoms with van der Waals surface area (Å²) in [7, 11) is 0. The zero-order valence-corrected chi connectivity index (χ0v) is 17.5. The lowest BCUT2D eigenvalue weighted by molar-refractivity contribution is -0.137. The van der Waals surface area contributed by atoms with Crippen molar-refractivity contribution in [2.75, 3.05) is 11.9 Å². The molecule has 1 unspecified atom stereocenters. The molecule has 2 N–H and O–H groups in total. The second-order valence-corrected chi connectivity index (χ2v) is 7.93. The molecular formula is C22H20ClN3O5. The molecule has 1 saturated heterocycles. The number of carbonyl (C=O) groups is 4. The van der Waals surface area contributed by atoms with Crippen molar-refractivity contribution >= 4 is 40.9 Å². The summed E-state index contributed by atoms with van der Waals surface area (Å²) in [5.74, 6) is -1.08. The Bertz CT molecular complexity index is 1100. The van der Waals surface area contributed by atoms with Gasteiger partial charge >= 0.3 is 0 Å². The normalized spacial score (nSPS) is 17.9. The molecule has 8 nitrogen and oxygen atoms in total. The van der Waals surface area contributed by atoms with Crippen molar-refractivity contribution in [3.05, 3.63) is 58.1 Å². The number of imide groups is 1. The third-order valence-corrected chi connectivity index (χ3v) is 5.73. The van der Waals surface area contributed by atoms with Gasteiger partial charge in [-0.15, -0.1) is 0 Å². The first-order chi connectivity index (χ1) is 14.8. The van der Waals surface area contributed by atoms with Gasteiger partial charge in [0.25, 0.3) is 11.8 Å². The molecule has 9 heteroatoms. The average Bonchev–Trinajstić information content (AvgIpc) is 3.05.